The number of anilines is 1. The van der Waals surface area contributed by atoms with Gasteiger partial charge in [-0.15, -0.1) is 11.3 Å². The fourth-order valence-electron chi connectivity index (χ4n) is 4.10. The Morgan fingerprint density at radius 2 is 1.86 bits per heavy atom. The lowest BCUT2D eigenvalue weighted by Crippen LogP contribution is -2.08. The quantitative estimate of drug-likeness (QED) is 0.261. The lowest BCUT2D eigenvalue weighted by Gasteiger charge is -2.10. The van der Waals surface area contributed by atoms with Crippen molar-refractivity contribution in [2.75, 3.05) is 19.5 Å². The fourth-order valence-corrected chi connectivity index (χ4v) is 4.91. The van der Waals surface area contributed by atoms with Gasteiger partial charge in [0.15, 0.2) is 0 Å². The number of carbonyl (C=O) groups is 1. The van der Waals surface area contributed by atoms with Gasteiger partial charge < -0.3 is 19.2 Å². The molecule has 2 heterocycles. The first-order valence-corrected chi connectivity index (χ1v) is 11.9. The van der Waals surface area contributed by atoms with E-state index in [1.807, 2.05) is 68.4 Å². The van der Waals surface area contributed by atoms with Crippen molar-refractivity contribution in [1.29, 1.82) is 0 Å². The molecule has 3 aromatic carbocycles. The zero-order valence-electron chi connectivity index (χ0n) is 19.8. The molecule has 1 N–H and O–H groups in total. The average molecular weight is 485 g/mol. The Labute approximate surface area is 206 Å². The minimum Gasteiger partial charge on any atom is -0.497 e. The number of nitrogens with one attached hydrogen (secondary N) is 1. The maximum atomic E-state index is 12.8. The topological polar surface area (TPSA) is 73.6 Å². The van der Waals surface area contributed by atoms with Crippen molar-refractivity contribution in [3.05, 3.63) is 77.5 Å². The Hall–Kier alpha value is -4.10. The summed E-state index contributed by atoms with van der Waals surface area (Å²) >= 11 is 1.63. The van der Waals surface area contributed by atoms with Gasteiger partial charge in [0.2, 0.25) is 5.91 Å². The SMILES string of the molecule is COc1ccc(-c2coc3cc(OC)c(/C(C)=C/C(=O)Nc4ccc5sc(C)nc5c4)cc23)cc1. The van der Waals surface area contributed by atoms with E-state index in [2.05, 4.69) is 10.3 Å². The zero-order valence-corrected chi connectivity index (χ0v) is 20.7. The molecule has 5 rings (SSSR count). The lowest BCUT2D eigenvalue weighted by atomic mass is 9.99. The number of methoxy groups -OCH3 is 2. The largest absolute Gasteiger partial charge is 0.497 e. The monoisotopic (exact) mass is 484 g/mol. The van der Waals surface area contributed by atoms with Gasteiger partial charge in [0, 0.05) is 34.3 Å². The van der Waals surface area contributed by atoms with Gasteiger partial charge in [-0.2, -0.15) is 0 Å². The number of amides is 1. The van der Waals surface area contributed by atoms with Gasteiger partial charge in [0.1, 0.15) is 17.1 Å². The van der Waals surface area contributed by atoms with Gasteiger partial charge in [-0.3, -0.25) is 4.79 Å². The van der Waals surface area contributed by atoms with Crippen LogP contribution in [0.4, 0.5) is 5.69 Å². The highest BCUT2D eigenvalue weighted by Crippen LogP contribution is 2.37. The van der Waals surface area contributed by atoms with Crippen LogP contribution in [0.15, 0.2) is 71.4 Å². The van der Waals surface area contributed by atoms with Gasteiger partial charge in [0.25, 0.3) is 0 Å². The molecule has 2 aromatic heterocycles. The number of furan rings is 1. The molecule has 0 saturated heterocycles. The van der Waals surface area contributed by atoms with Gasteiger partial charge in [-0.25, -0.2) is 4.98 Å². The number of nitrogens with zero attached hydrogens (tertiary/aromatic N) is 1. The van der Waals surface area contributed by atoms with Crippen LogP contribution in [-0.4, -0.2) is 25.1 Å². The lowest BCUT2D eigenvalue weighted by molar-refractivity contribution is -0.111. The van der Waals surface area contributed by atoms with Crippen LogP contribution >= 0.6 is 11.3 Å². The maximum Gasteiger partial charge on any atom is 0.248 e. The maximum absolute atomic E-state index is 12.8. The summed E-state index contributed by atoms with van der Waals surface area (Å²) in [6, 6.07) is 17.4. The predicted molar refractivity (Wildman–Crippen MR) is 141 cm³/mol. The Balaban J connectivity index is 1.46. The fraction of sp³-hybridized carbons (Fsp3) is 0.143. The molecule has 6 nitrogen and oxygen atoms in total. The summed E-state index contributed by atoms with van der Waals surface area (Å²) in [7, 11) is 3.25. The molecular weight excluding hydrogens is 460 g/mol. The van der Waals surface area contributed by atoms with Crippen LogP contribution < -0.4 is 14.8 Å². The number of fused-ring (bicyclic) bond motifs is 2. The normalized spacial score (nSPS) is 11.7. The van der Waals surface area contributed by atoms with E-state index in [-0.39, 0.29) is 5.91 Å². The first-order chi connectivity index (χ1) is 16.9. The second kappa shape index (κ2) is 9.27. The van der Waals surface area contributed by atoms with Gasteiger partial charge in [0.05, 0.1) is 35.7 Å². The Morgan fingerprint density at radius 1 is 1.06 bits per heavy atom. The summed E-state index contributed by atoms with van der Waals surface area (Å²) in [5.74, 6) is 1.20. The third kappa shape index (κ3) is 4.50. The summed E-state index contributed by atoms with van der Waals surface area (Å²) in [6.07, 6.45) is 3.31. The van der Waals surface area contributed by atoms with E-state index in [1.54, 1.807) is 37.9 Å². The Morgan fingerprint density at radius 3 is 2.60 bits per heavy atom. The van der Waals surface area contributed by atoms with Crippen molar-refractivity contribution in [3.8, 4) is 22.6 Å². The molecule has 0 aliphatic carbocycles. The summed E-state index contributed by atoms with van der Waals surface area (Å²) < 4.78 is 17.8. The van der Waals surface area contributed by atoms with E-state index in [4.69, 9.17) is 13.9 Å². The third-order valence-electron chi connectivity index (χ3n) is 5.83. The van der Waals surface area contributed by atoms with Crippen LogP contribution in [0, 0.1) is 6.92 Å². The zero-order chi connectivity index (χ0) is 24.5. The van der Waals surface area contributed by atoms with Crippen molar-refractivity contribution >= 4 is 49.7 Å². The molecule has 176 valence electrons. The van der Waals surface area contributed by atoms with E-state index < -0.39 is 0 Å². The number of benzene rings is 3. The van der Waals surface area contributed by atoms with Crippen LogP contribution in [0.3, 0.4) is 0 Å². The smallest absolute Gasteiger partial charge is 0.248 e. The number of aromatic nitrogens is 1. The molecule has 5 aromatic rings. The Bertz CT molecular complexity index is 1580. The standard InChI is InChI=1S/C28H24N2O4S/c1-16(11-28(31)30-19-7-10-27-24(12-19)29-17(2)35-27)21-13-22-23(15-34-26(22)14-25(21)33-4)18-5-8-20(32-3)9-6-18/h5-15H,1-4H3,(H,30,31)/b16-11+. The first kappa shape index (κ1) is 22.7. The van der Waals surface area contributed by atoms with Crippen LogP contribution in [0.1, 0.15) is 17.5 Å². The molecule has 1 amide bonds. The highest BCUT2D eigenvalue weighted by molar-refractivity contribution is 7.18. The molecule has 0 aliphatic rings. The summed E-state index contributed by atoms with van der Waals surface area (Å²) in [5.41, 5.74) is 5.84. The van der Waals surface area contributed by atoms with Crippen molar-refractivity contribution in [1.82, 2.24) is 4.98 Å². The van der Waals surface area contributed by atoms with Gasteiger partial charge in [-0.1, -0.05) is 12.1 Å². The minimum absolute atomic E-state index is 0.224. The number of carbonyl (C=O) groups excluding carboxylic acids is 1. The van der Waals surface area contributed by atoms with E-state index in [1.165, 1.54) is 0 Å². The van der Waals surface area contributed by atoms with E-state index >= 15 is 0 Å². The number of allylic oxidation sites excluding steroid dienone is 1. The van der Waals surface area contributed by atoms with E-state index in [9.17, 15) is 4.79 Å². The van der Waals surface area contributed by atoms with Crippen LogP contribution in [0.5, 0.6) is 11.5 Å². The van der Waals surface area contributed by atoms with Crippen LogP contribution in [0.2, 0.25) is 0 Å². The number of hydrogen-bond donors (Lipinski definition) is 1. The average Bonchev–Trinajstić information content (AvgIpc) is 3.44. The van der Waals surface area contributed by atoms with E-state index in [0.29, 0.717) is 17.0 Å². The predicted octanol–water partition coefficient (Wildman–Crippen LogP) is 7.08. The molecule has 7 heteroatoms. The molecule has 0 bridgehead atoms. The molecule has 35 heavy (non-hydrogen) atoms. The summed E-state index contributed by atoms with van der Waals surface area (Å²) in [5, 5.41) is 4.87. The van der Waals surface area contributed by atoms with Crippen LogP contribution in [0.25, 0.3) is 37.9 Å². The summed E-state index contributed by atoms with van der Waals surface area (Å²) in [6.45, 7) is 3.86. The van der Waals surface area contributed by atoms with Crippen molar-refractivity contribution in [2.24, 2.45) is 0 Å². The summed E-state index contributed by atoms with van der Waals surface area (Å²) in [4.78, 5) is 17.3. The molecule has 0 atom stereocenters. The van der Waals surface area contributed by atoms with Gasteiger partial charge in [-0.05, 0) is 61.4 Å². The van der Waals surface area contributed by atoms with Crippen LogP contribution in [-0.2, 0) is 4.79 Å². The van der Waals surface area contributed by atoms with Crippen molar-refractivity contribution < 1.29 is 18.7 Å². The molecular formula is C28H24N2O4S. The van der Waals surface area contributed by atoms with E-state index in [0.717, 1.165) is 48.6 Å². The molecule has 0 unspecified atom stereocenters. The second-order valence-electron chi connectivity index (χ2n) is 8.16. The highest BCUT2D eigenvalue weighted by Gasteiger charge is 2.15. The number of rotatable bonds is 6. The molecule has 0 saturated carbocycles. The van der Waals surface area contributed by atoms with Crippen molar-refractivity contribution in [2.45, 2.75) is 13.8 Å². The van der Waals surface area contributed by atoms with Gasteiger partial charge >= 0.3 is 0 Å². The highest BCUT2D eigenvalue weighted by atomic mass is 32.1. The molecule has 0 aliphatic heterocycles. The number of thiazole rings is 1. The molecule has 0 radical (unpaired) electrons. The first-order valence-electron chi connectivity index (χ1n) is 11.1. The molecule has 0 fully saturated rings. The Kier molecular flexibility index (Phi) is 6.01. The number of ether oxygens (including phenoxy) is 2. The second-order valence-corrected chi connectivity index (χ2v) is 9.39. The minimum atomic E-state index is -0.224. The number of aryl methyl sites for hydroxylation is 1. The molecule has 0 spiro atoms. The third-order valence-corrected chi connectivity index (χ3v) is 6.78. The van der Waals surface area contributed by atoms with Crippen molar-refractivity contribution in [3.63, 3.8) is 0 Å². The number of hydrogen-bond acceptors (Lipinski definition) is 6.